The number of hydrogen-bond donors (Lipinski definition) is 2. The average Bonchev–Trinajstić information content (AvgIpc) is 3.40. The number of nitrogens with zero attached hydrogens (tertiary/aromatic N) is 5. The summed E-state index contributed by atoms with van der Waals surface area (Å²) in [5.74, 6) is -3.74. The number of alkyl halides is 5. The van der Waals surface area contributed by atoms with E-state index in [1.165, 1.54) is 48.2 Å². The fourth-order valence-electron chi connectivity index (χ4n) is 4.50. The highest BCUT2D eigenvalue weighted by molar-refractivity contribution is 6.07. The van der Waals surface area contributed by atoms with Crippen molar-refractivity contribution in [2.75, 3.05) is 5.32 Å². The van der Waals surface area contributed by atoms with Crippen molar-refractivity contribution >= 4 is 17.4 Å². The zero-order valence-electron chi connectivity index (χ0n) is 20.0. The van der Waals surface area contributed by atoms with E-state index in [9.17, 15) is 31.5 Å². The summed E-state index contributed by atoms with van der Waals surface area (Å²) in [6.45, 7) is 2.24. The summed E-state index contributed by atoms with van der Waals surface area (Å²) >= 11 is 0. The average molecular weight is 533 g/mol. The molecule has 9 nitrogen and oxygen atoms in total. The second-order valence-corrected chi connectivity index (χ2v) is 9.25. The Morgan fingerprint density at radius 1 is 1.05 bits per heavy atom. The third-order valence-corrected chi connectivity index (χ3v) is 6.52. The fraction of sp³-hybridized carbons (Fsp3) is 0.333. The molecule has 0 aliphatic carbocycles. The van der Waals surface area contributed by atoms with Crippen LogP contribution in [0.1, 0.15) is 49.1 Å². The molecule has 0 spiro atoms. The first-order chi connectivity index (χ1) is 17.8. The smallest absolute Gasteiger partial charge is 0.309 e. The van der Waals surface area contributed by atoms with Gasteiger partial charge in [0, 0.05) is 18.9 Å². The van der Waals surface area contributed by atoms with E-state index in [1.807, 2.05) is 0 Å². The van der Waals surface area contributed by atoms with Gasteiger partial charge in [0.1, 0.15) is 23.3 Å². The predicted molar refractivity (Wildman–Crippen MR) is 125 cm³/mol. The number of rotatable bonds is 6. The molecular formula is C24H20F5N7O2. The summed E-state index contributed by atoms with van der Waals surface area (Å²) in [5, 5.41) is 6.59. The minimum atomic E-state index is -4.32. The highest BCUT2D eigenvalue weighted by Crippen LogP contribution is 2.41. The van der Waals surface area contributed by atoms with Crippen LogP contribution in [0.5, 0.6) is 0 Å². The fourth-order valence-corrected chi connectivity index (χ4v) is 4.50. The number of H-pyrrole nitrogens is 1. The third-order valence-electron chi connectivity index (χ3n) is 6.52. The normalized spacial score (nSPS) is 17.6. The Labute approximate surface area is 211 Å². The molecule has 4 heterocycles. The van der Waals surface area contributed by atoms with Gasteiger partial charge >= 0.3 is 6.18 Å². The van der Waals surface area contributed by atoms with Crippen molar-refractivity contribution in [1.29, 1.82) is 0 Å². The molecule has 1 atom stereocenters. The first kappa shape index (κ1) is 25.4. The van der Waals surface area contributed by atoms with E-state index in [4.69, 9.17) is 0 Å². The van der Waals surface area contributed by atoms with Crippen molar-refractivity contribution in [3.63, 3.8) is 0 Å². The van der Waals surface area contributed by atoms with Crippen molar-refractivity contribution in [1.82, 2.24) is 29.5 Å². The van der Waals surface area contributed by atoms with E-state index >= 15 is 0 Å². The second-order valence-electron chi connectivity index (χ2n) is 9.25. The zero-order chi connectivity index (χ0) is 27.5. The van der Waals surface area contributed by atoms with Crippen LogP contribution in [0.15, 0.2) is 41.6 Å². The topological polar surface area (TPSA) is 118 Å². The number of carbonyl (C=O) groups is 1. The van der Waals surface area contributed by atoms with Crippen LogP contribution in [-0.2, 0) is 22.6 Å². The Balaban J connectivity index is 1.54. The first-order valence-corrected chi connectivity index (χ1v) is 11.5. The summed E-state index contributed by atoms with van der Waals surface area (Å²) < 4.78 is 66.6. The van der Waals surface area contributed by atoms with Crippen LogP contribution in [0.2, 0.25) is 0 Å². The van der Waals surface area contributed by atoms with Gasteiger partial charge in [-0.1, -0.05) is 24.3 Å². The molecule has 3 aromatic heterocycles. The van der Waals surface area contributed by atoms with Gasteiger partial charge in [-0.2, -0.15) is 18.3 Å². The Kier molecular flexibility index (Phi) is 5.80. The van der Waals surface area contributed by atoms with Gasteiger partial charge in [-0.15, -0.1) is 0 Å². The largest absolute Gasteiger partial charge is 0.389 e. The van der Waals surface area contributed by atoms with Gasteiger partial charge < -0.3 is 10.3 Å². The van der Waals surface area contributed by atoms with Crippen LogP contribution in [0, 0.1) is 0 Å². The molecule has 198 valence electrons. The maximum absolute atomic E-state index is 13.7. The number of aryl methyl sites for hydroxylation is 1. The first-order valence-electron chi connectivity index (χ1n) is 11.5. The zero-order valence-corrected chi connectivity index (χ0v) is 20.0. The lowest BCUT2D eigenvalue weighted by Crippen LogP contribution is -2.36. The SMILES string of the molecule is CC(F)(F)c1ccc(C2(C)C(=O)Nc3nc(-c4cn5ncnc5c(CCCC(F)(F)F)n4)[nH]c(=O)c32)cc1. The Hall–Kier alpha value is -4.23. The molecule has 1 amide bonds. The highest BCUT2D eigenvalue weighted by atomic mass is 19.4. The van der Waals surface area contributed by atoms with Gasteiger partial charge in [0.2, 0.25) is 5.91 Å². The number of benzene rings is 1. The number of anilines is 1. The van der Waals surface area contributed by atoms with Crippen LogP contribution >= 0.6 is 0 Å². The number of hydrogen-bond acceptors (Lipinski definition) is 6. The maximum atomic E-state index is 13.7. The summed E-state index contributed by atoms with van der Waals surface area (Å²) in [7, 11) is 0. The van der Waals surface area contributed by atoms with Gasteiger partial charge in [0.05, 0.1) is 17.5 Å². The number of nitrogens with one attached hydrogen (secondary N) is 2. The molecule has 14 heteroatoms. The number of halogens is 5. The van der Waals surface area contributed by atoms with Gasteiger partial charge in [0.15, 0.2) is 11.5 Å². The van der Waals surface area contributed by atoms with E-state index in [-0.39, 0.29) is 52.6 Å². The molecule has 1 aliphatic heterocycles. The van der Waals surface area contributed by atoms with Gasteiger partial charge in [0.25, 0.3) is 11.5 Å². The van der Waals surface area contributed by atoms with E-state index in [2.05, 4.69) is 30.4 Å². The molecule has 1 unspecified atom stereocenters. The van der Waals surface area contributed by atoms with Crippen molar-refractivity contribution in [3.05, 3.63) is 69.5 Å². The van der Waals surface area contributed by atoms with Crippen molar-refractivity contribution in [2.24, 2.45) is 0 Å². The molecular weight excluding hydrogens is 513 g/mol. The molecule has 1 aliphatic rings. The van der Waals surface area contributed by atoms with Crippen LogP contribution in [0.25, 0.3) is 17.2 Å². The molecule has 0 radical (unpaired) electrons. The number of fused-ring (bicyclic) bond motifs is 2. The lowest BCUT2D eigenvalue weighted by molar-refractivity contribution is -0.135. The summed E-state index contributed by atoms with van der Waals surface area (Å²) in [6.07, 6.45) is -2.98. The number of aromatic amines is 1. The molecule has 5 rings (SSSR count). The third kappa shape index (κ3) is 4.39. The standard InChI is InChI=1S/C24H20F5N7O2/c1-22(12-5-7-13(8-6-12)23(2,25)26)16-18(35-21(22)38)33-17(34-20(16)37)15-10-36-19(30-11-31-36)14(32-15)4-3-9-24(27,28)29/h5-8,10-11H,3-4,9H2,1-2H3,(H2,33,34,35,37,38). The number of aromatic nitrogens is 6. The quantitative estimate of drug-likeness (QED) is 0.360. The summed E-state index contributed by atoms with van der Waals surface area (Å²) in [5.41, 5.74) is -1.52. The van der Waals surface area contributed by atoms with E-state index in [1.54, 1.807) is 0 Å². The summed E-state index contributed by atoms with van der Waals surface area (Å²) in [6, 6.07) is 5.11. The Morgan fingerprint density at radius 3 is 2.42 bits per heavy atom. The van der Waals surface area contributed by atoms with Gasteiger partial charge in [-0.25, -0.2) is 28.2 Å². The second kappa shape index (κ2) is 8.67. The monoisotopic (exact) mass is 533 g/mol. The van der Waals surface area contributed by atoms with Gasteiger partial charge in [-0.3, -0.25) is 9.59 Å². The predicted octanol–water partition coefficient (Wildman–Crippen LogP) is 4.13. The van der Waals surface area contributed by atoms with Crippen LogP contribution < -0.4 is 10.9 Å². The minimum Gasteiger partial charge on any atom is -0.309 e. The molecule has 2 N–H and O–H groups in total. The summed E-state index contributed by atoms with van der Waals surface area (Å²) in [4.78, 5) is 41.6. The molecule has 4 aromatic rings. The van der Waals surface area contributed by atoms with Crippen LogP contribution in [0.3, 0.4) is 0 Å². The molecule has 1 aromatic carbocycles. The van der Waals surface area contributed by atoms with Gasteiger partial charge in [-0.05, 0) is 25.3 Å². The van der Waals surface area contributed by atoms with Crippen LogP contribution in [0.4, 0.5) is 27.8 Å². The number of amides is 1. The van der Waals surface area contributed by atoms with E-state index in [0.717, 1.165) is 6.92 Å². The van der Waals surface area contributed by atoms with Crippen molar-refractivity contribution in [3.8, 4) is 11.5 Å². The Bertz CT molecular complexity index is 1610. The molecule has 0 saturated carbocycles. The lowest BCUT2D eigenvalue weighted by Gasteiger charge is -2.22. The molecule has 38 heavy (non-hydrogen) atoms. The Morgan fingerprint density at radius 2 is 1.76 bits per heavy atom. The molecule has 0 saturated heterocycles. The molecule has 0 fully saturated rings. The van der Waals surface area contributed by atoms with Crippen LogP contribution in [-0.4, -0.2) is 41.6 Å². The number of carbonyl (C=O) groups excluding carboxylic acids is 1. The van der Waals surface area contributed by atoms with E-state index in [0.29, 0.717) is 5.56 Å². The molecule has 0 bridgehead atoms. The lowest BCUT2D eigenvalue weighted by atomic mass is 9.78. The van der Waals surface area contributed by atoms with E-state index < -0.39 is 35.4 Å². The maximum Gasteiger partial charge on any atom is 0.389 e. The highest BCUT2D eigenvalue weighted by Gasteiger charge is 2.48. The van der Waals surface area contributed by atoms with Crippen molar-refractivity contribution in [2.45, 2.75) is 50.6 Å². The van der Waals surface area contributed by atoms with Crippen molar-refractivity contribution < 1.29 is 26.7 Å². The minimum absolute atomic E-state index is 0.00510.